The third kappa shape index (κ3) is 2.88. The van der Waals surface area contributed by atoms with Crippen LogP contribution in [0.5, 0.6) is 5.75 Å². The Morgan fingerprint density at radius 2 is 2.00 bits per heavy atom. The molecule has 2 bridgehead atoms. The minimum absolute atomic E-state index is 0.0444. The summed E-state index contributed by atoms with van der Waals surface area (Å²) in [6.07, 6.45) is 5.33. The molecule has 0 unspecified atom stereocenters. The minimum atomic E-state index is -0.421. The maximum atomic E-state index is 12.7. The fraction of sp³-hybridized carbons (Fsp3) is 0.476. The number of hydrogen-bond donors (Lipinski definition) is 1. The van der Waals surface area contributed by atoms with E-state index < -0.39 is 6.10 Å². The van der Waals surface area contributed by atoms with Crippen LogP contribution in [0.2, 0.25) is 0 Å². The van der Waals surface area contributed by atoms with Gasteiger partial charge < -0.3 is 10.1 Å². The van der Waals surface area contributed by atoms with Gasteiger partial charge in [-0.25, -0.2) is 0 Å². The second-order valence-corrected chi connectivity index (χ2v) is 7.28. The van der Waals surface area contributed by atoms with E-state index in [-0.39, 0.29) is 5.91 Å². The fourth-order valence-corrected chi connectivity index (χ4v) is 4.47. The Hall–Kier alpha value is -2.03. The van der Waals surface area contributed by atoms with Gasteiger partial charge in [-0.3, -0.25) is 4.79 Å². The number of carbonyl (C=O) groups is 1. The molecule has 1 amide bonds. The molecule has 0 spiro atoms. The number of rotatable bonds is 5. The van der Waals surface area contributed by atoms with E-state index in [2.05, 4.69) is 17.4 Å². The standard InChI is InChI=1S/C21H25NO2/c1-2-19(21(23)22-18-13-14-10-11-16(18)12-14)24-20-9-5-7-15-6-3-4-8-17(15)20/h3-9,14,16,18-19H,2,10-13H2,1H3,(H,22,23)/t14-,16-,18+,19-/m1/s1. The van der Waals surface area contributed by atoms with E-state index in [1.165, 1.54) is 19.3 Å². The fourth-order valence-electron chi connectivity index (χ4n) is 4.47. The molecule has 0 aliphatic heterocycles. The van der Waals surface area contributed by atoms with Gasteiger partial charge in [-0.2, -0.15) is 0 Å². The second kappa shape index (κ2) is 6.46. The van der Waals surface area contributed by atoms with Gasteiger partial charge >= 0.3 is 0 Å². The number of hydrogen-bond acceptors (Lipinski definition) is 2. The number of fused-ring (bicyclic) bond motifs is 3. The summed E-state index contributed by atoms with van der Waals surface area (Å²) in [5.74, 6) is 2.36. The van der Waals surface area contributed by atoms with Crippen molar-refractivity contribution in [2.24, 2.45) is 11.8 Å². The van der Waals surface area contributed by atoms with Crippen LogP contribution >= 0.6 is 0 Å². The van der Waals surface area contributed by atoms with E-state index in [4.69, 9.17) is 4.74 Å². The van der Waals surface area contributed by atoms with Crippen molar-refractivity contribution in [3.63, 3.8) is 0 Å². The quantitative estimate of drug-likeness (QED) is 0.891. The lowest BCUT2D eigenvalue weighted by Gasteiger charge is -2.26. The predicted molar refractivity (Wildman–Crippen MR) is 96.0 cm³/mol. The van der Waals surface area contributed by atoms with Gasteiger partial charge in [0.05, 0.1) is 0 Å². The maximum Gasteiger partial charge on any atom is 0.261 e. The Morgan fingerprint density at radius 1 is 1.17 bits per heavy atom. The summed E-state index contributed by atoms with van der Waals surface area (Å²) in [4.78, 5) is 12.7. The minimum Gasteiger partial charge on any atom is -0.480 e. The molecular formula is C21H25NO2. The lowest BCUT2D eigenvalue weighted by atomic mass is 9.95. The zero-order valence-corrected chi connectivity index (χ0v) is 14.2. The Bertz CT molecular complexity index is 736. The highest BCUT2D eigenvalue weighted by molar-refractivity contribution is 5.89. The van der Waals surface area contributed by atoms with Crippen molar-refractivity contribution in [2.75, 3.05) is 0 Å². The van der Waals surface area contributed by atoms with Crippen LogP contribution < -0.4 is 10.1 Å². The third-order valence-corrected chi connectivity index (χ3v) is 5.75. The smallest absolute Gasteiger partial charge is 0.261 e. The topological polar surface area (TPSA) is 38.3 Å². The maximum absolute atomic E-state index is 12.7. The largest absolute Gasteiger partial charge is 0.480 e. The van der Waals surface area contributed by atoms with E-state index in [0.29, 0.717) is 18.4 Å². The Labute approximate surface area is 143 Å². The van der Waals surface area contributed by atoms with Gasteiger partial charge in [0.1, 0.15) is 5.75 Å². The van der Waals surface area contributed by atoms with E-state index in [1.54, 1.807) is 0 Å². The van der Waals surface area contributed by atoms with Crippen LogP contribution in [0.1, 0.15) is 39.0 Å². The number of carbonyl (C=O) groups excluding carboxylic acids is 1. The van der Waals surface area contributed by atoms with Gasteiger partial charge in [0, 0.05) is 11.4 Å². The van der Waals surface area contributed by atoms with Gasteiger partial charge in [0.2, 0.25) is 0 Å². The number of ether oxygens (including phenoxy) is 1. The molecule has 2 aliphatic rings. The molecule has 3 nitrogen and oxygen atoms in total. The molecule has 4 rings (SSSR count). The molecule has 126 valence electrons. The van der Waals surface area contributed by atoms with Crippen LogP contribution in [-0.4, -0.2) is 18.1 Å². The van der Waals surface area contributed by atoms with Gasteiger partial charge in [-0.1, -0.05) is 49.7 Å². The first-order valence-electron chi connectivity index (χ1n) is 9.19. The highest BCUT2D eigenvalue weighted by Crippen LogP contribution is 2.44. The van der Waals surface area contributed by atoms with Crippen molar-refractivity contribution in [3.05, 3.63) is 42.5 Å². The lowest BCUT2D eigenvalue weighted by molar-refractivity contribution is -0.129. The average Bonchev–Trinajstić information content (AvgIpc) is 3.22. The first-order chi connectivity index (χ1) is 11.7. The van der Waals surface area contributed by atoms with Crippen LogP contribution in [0.25, 0.3) is 10.8 Å². The zero-order valence-electron chi connectivity index (χ0n) is 14.2. The lowest BCUT2D eigenvalue weighted by Crippen LogP contribution is -2.45. The summed E-state index contributed by atoms with van der Waals surface area (Å²) in [6.45, 7) is 2.01. The molecule has 2 aromatic carbocycles. The van der Waals surface area contributed by atoms with Crippen molar-refractivity contribution < 1.29 is 9.53 Å². The summed E-state index contributed by atoms with van der Waals surface area (Å²) in [6, 6.07) is 14.5. The average molecular weight is 323 g/mol. The second-order valence-electron chi connectivity index (χ2n) is 7.28. The van der Waals surface area contributed by atoms with Crippen LogP contribution in [-0.2, 0) is 4.79 Å². The van der Waals surface area contributed by atoms with Gasteiger partial charge in [0.25, 0.3) is 5.91 Å². The molecule has 4 atom stereocenters. The van der Waals surface area contributed by atoms with Crippen molar-refractivity contribution in [1.82, 2.24) is 5.32 Å². The summed E-state index contributed by atoms with van der Waals surface area (Å²) in [7, 11) is 0. The monoisotopic (exact) mass is 323 g/mol. The highest BCUT2D eigenvalue weighted by atomic mass is 16.5. The molecule has 2 fully saturated rings. The molecule has 3 heteroatoms. The van der Waals surface area contributed by atoms with Crippen LogP contribution in [0.15, 0.2) is 42.5 Å². The van der Waals surface area contributed by atoms with Gasteiger partial charge in [0.15, 0.2) is 6.10 Å². The van der Waals surface area contributed by atoms with Crippen LogP contribution in [0, 0.1) is 11.8 Å². The SMILES string of the molecule is CC[C@@H](Oc1cccc2ccccc12)C(=O)N[C@H]1C[C@@H]2CC[C@@H]1C2. The number of amides is 1. The van der Waals surface area contributed by atoms with Crippen molar-refractivity contribution in [1.29, 1.82) is 0 Å². The van der Waals surface area contributed by atoms with E-state index in [0.717, 1.165) is 28.9 Å². The van der Waals surface area contributed by atoms with E-state index >= 15 is 0 Å². The number of benzene rings is 2. The Morgan fingerprint density at radius 3 is 2.75 bits per heavy atom. The third-order valence-electron chi connectivity index (χ3n) is 5.75. The van der Waals surface area contributed by atoms with Crippen LogP contribution in [0.3, 0.4) is 0 Å². The van der Waals surface area contributed by atoms with Crippen LogP contribution in [0.4, 0.5) is 0 Å². The first-order valence-corrected chi connectivity index (χ1v) is 9.19. The summed E-state index contributed by atoms with van der Waals surface area (Å²) in [5.41, 5.74) is 0. The van der Waals surface area contributed by atoms with Crippen molar-refractivity contribution >= 4 is 16.7 Å². The molecule has 2 saturated carbocycles. The normalized spacial score (nSPS) is 26.5. The molecule has 0 radical (unpaired) electrons. The van der Waals surface area contributed by atoms with Crippen molar-refractivity contribution in [3.8, 4) is 5.75 Å². The Kier molecular flexibility index (Phi) is 4.17. The molecule has 2 aromatic rings. The summed E-state index contributed by atoms with van der Waals surface area (Å²) in [5, 5.41) is 5.46. The Balaban J connectivity index is 1.48. The first kappa shape index (κ1) is 15.5. The van der Waals surface area contributed by atoms with E-state index in [9.17, 15) is 4.79 Å². The molecule has 0 aromatic heterocycles. The van der Waals surface area contributed by atoms with Crippen molar-refractivity contribution in [2.45, 2.75) is 51.2 Å². The summed E-state index contributed by atoms with van der Waals surface area (Å²) < 4.78 is 6.12. The highest BCUT2D eigenvalue weighted by Gasteiger charge is 2.40. The zero-order chi connectivity index (χ0) is 16.5. The van der Waals surface area contributed by atoms with Gasteiger partial charge in [-0.15, -0.1) is 0 Å². The molecular weight excluding hydrogens is 298 g/mol. The molecule has 1 N–H and O–H groups in total. The molecule has 0 heterocycles. The van der Waals surface area contributed by atoms with E-state index in [1.807, 2.05) is 37.3 Å². The molecule has 0 saturated heterocycles. The summed E-state index contributed by atoms with van der Waals surface area (Å²) >= 11 is 0. The molecule has 24 heavy (non-hydrogen) atoms. The predicted octanol–water partition coefficient (Wildman–Crippen LogP) is 4.30. The molecule has 2 aliphatic carbocycles. The van der Waals surface area contributed by atoms with Gasteiger partial charge in [-0.05, 0) is 49.0 Å². The number of nitrogens with one attached hydrogen (secondary N) is 1.